The number of aliphatic hydroxyl groups excluding tert-OH is 1. The molecule has 18 heavy (non-hydrogen) atoms. The summed E-state index contributed by atoms with van der Waals surface area (Å²) in [4.78, 5) is 9.05. The highest BCUT2D eigenvalue weighted by Gasteiger charge is 2.28. The fourth-order valence-electron chi connectivity index (χ4n) is 2.32. The van der Waals surface area contributed by atoms with Crippen molar-refractivity contribution in [3.8, 4) is 0 Å². The minimum Gasteiger partial charge on any atom is -0.393 e. The molecule has 0 radical (unpaired) electrons. The largest absolute Gasteiger partial charge is 0.393 e. The van der Waals surface area contributed by atoms with Crippen molar-refractivity contribution in [2.24, 2.45) is 5.92 Å². The first-order chi connectivity index (χ1) is 8.74. The van der Waals surface area contributed by atoms with E-state index in [0.29, 0.717) is 11.8 Å². The molecule has 0 amide bonds. The van der Waals surface area contributed by atoms with Crippen molar-refractivity contribution in [3.63, 3.8) is 0 Å². The number of nitrogens with zero attached hydrogens (tertiary/aromatic N) is 2. The predicted octanol–water partition coefficient (Wildman–Crippen LogP) is 1.58. The summed E-state index contributed by atoms with van der Waals surface area (Å²) in [5.41, 5.74) is 0. The van der Waals surface area contributed by atoms with E-state index in [0.717, 1.165) is 36.8 Å². The van der Waals surface area contributed by atoms with E-state index in [9.17, 15) is 5.11 Å². The SMILES string of the molecule is CNc1cc(NCC2CC(O)C2)nc(C2CC2)n1. The molecule has 2 saturated carbocycles. The molecule has 0 bridgehead atoms. The third kappa shape index (κ3) is 2.56. The summed E-state index contributed by atoms with van der Waals surface area (Å²) < 4.78 is 0. The van der Waals surface area contributed by atoms with Crippen LogP contribution >= 0.6 is 0 Å². The highest BCUT2D eigenvalue weighted by Crippen LogP contribution is 2.38. The standard InChI is InChI=1S/C13H20N4O/c1-14-11-6-12(15-7-8-4-10(18)5-8)17-13(16-11)9-2-3-9/h6,8-10,18H,2-5,7H2,1H3,(H2,14,15,16,17). The fourth-order valence-corrected chi connectivity index (χ4v) is 2.32. The molecule has 0 atom stereocenters. The third-order valence-electron chi connectivity index (χ3n) is 3.72. The van der Waals surface area contributed by atoms with Gasteiger partial charge in [-0.25, -0.2) is 9.97 Å². The second-order valence-corrected chi connectivity index (χ2v) is 5.39. The molecule has 5 heteroatoms. The molecule has 0 saturated heterocycles. The Labute approximate surface area is 107 Å². The maximum absolute atomic E-state index is 9.26. The first kappa shape index (κ1) is 11.7. The lowest BCUT2D eigenvalue weighted by Gasteiger charge is -2.31. The van der Waals surface area contributed by atoms with Gasteiger partial charge in [-0.05, 0) is 31.6 Å². The number of aliphatic hydroxyl groups is 1. The zero-order valence-electron chi connectivity index (χ0n) is 10.7. The Balaban J connectivity index is 1.64. The van der Waals surface area contributed by atoms with Gasteiger partial charge in [-0.15, -0.1) is 0 Å². The summed E-state index contributed by atoms with van der Waals surface area (Å²) in [5, 5.41) is 15.7. The van der Waals surface area contributed by atoms with Gasteiger partial charge in [0.1, 0.15) is 17.5 Å². The fraction of sp³-hybridized carbons (Fsp3) is 0.692. The van der Waals surface area contributed by atoms with Crippen molar-refractivity contribution in [1.29, 1.82) is 0 Å². The van der Waals surface area contributed by atoms with Crippen LogP contribution in [0.25, 0.3) is 0 Å². The first-order valence-corrected chi connectivity index (χ1v) is 6.73. The van der Waals surface area contributed by atoms with Crippen LogP contribution in [0.4, 0.5) is 11.6 Å². The minimum absolute atomic E-state index is 0.0860. The molecular weight excluding hydrogens is 228 g/mol. The van der Waals surface area contributed by atoms with E-state index in [1.165, 1.54) is 12.8 Å². The lowest BCUT2D eigenvalue weighted by Crippen LogP contribution is -2.33. The van der Waals surface area contributed by atoms with Crippen molar-refractivity contribution >= 4 is 11.6 Å². The van der Waals surface area contributed by atoms with E-state index >= 15 is 0 Å². The van der Waals surface area contributed by atoms with E-state index in [4.69, 9.17) is 0 Å². The quantitative estimate of drug-likeness (QED) is 0.738. The summed E-state index contributed by atoms with van der Waals surface area (Å²) in [7, 11) is 1.88. The molecule has 1 aromatic rings. The second kappa shape index (κ2) is 4.72. The lowest BCUT2D eigenvalue weighted by atomic mass is 9.82. The van der Waals surface area contributed by atoms with E-state index < -0.39 is 0 Å². The first-order valence-electron chi connectivity index (χ1n) is 6.73. The van der Waals surface area contributed by atoms with Crippen LogP contribution in [0.1, 0.15) is 37.4 Å². The third-order valence-corrected chi connectivity index (χ3v) is 3.72. The average Bonchev–Trinajstić information content (AvgIpc) is 3.17. The summed E-state index contributed by atoms with van der Waals surface area (Å²) in [6.07, 6.45) is 4.15. The molecule has 1 aromatic heterocycles. The number of hydrogen-bond acceptors (Lipinski definition) is 5. The van der Waals surface area contributed by atoms with Crippen molar-refractivity contribution in [3.05, 3.63) is 11.9 Å². The molecule has 0 spiro atoms. The van der Waals surface area contributed by atoms with Gasteiger partial charge in [-0.3, -0.25) is 0 Å². The average molecular weight is 248 g/mol. The number of hydrogen-bond donors (Lipinski definition) is 3. The van der Waals surface area contributed by atoms with Gasteiger partial charge in [0.25, 0.3) is 0 Å². The maximum atomic E-state index is 9.26. The molecule has 2 aliphatic carbocycles. The number of nitrogens with one attached hydrogen (secondary N) is 2. The Hall–Kier alpha value is -1.36. The molecular formula is C13H20N4O. The Morgan fingerprint density at radius 1 is 1.28 bits per heavy atom. The van der Waals surface area contributed by atoms with Gasteiger partial charge in [0.2, 0.25) is 0 Å². The van der Waals surface area contributed by atoms with Gasteiger partial charge in [-0.2, -0.15) is 0 Å². The van der Waals surface area contributed by atoms with E-state index in [-0.39, 0.29) is 6.10 Å². The highest BCUT2D eigenvalue weighted by atomic mass is 16.3. The van der Waals surface area contributed by atoms with Crippen LogP contribution < -0.4 is 10.6 Å². The van der Waals surface area contributed by atoms with Gasteiger partial charge in [0, 0.05) is 25.6 Å². The zero-order chi connectivity index (χ0) is 12.5. The van der Waals surface area contributed by atoms with Gasteiger partial charge in [0.15, 0.2) is 0 Å². The van der Waals surface area contributed by atoms with Gasteiger partial charge in [0.05, 0.1) is 6.10 Å². The van der Waals surface area contributed by atoms with Crippen molar-refractivity contribution in [2.75, 3.05) is 24.2 Å². The van der Waals surface area contributed by atoms with E-state index in [1.807, 2.05) is 13.1 Å². The normalized spacial score (nSPS) is 26.6. The van der Waals surface area contributed by atoms with Crippen molar-refractivity contribution < 1.29 is 5.11 Å². The van der Waals surface area contributed by atoms with Crippen LogP contribution in [0.2, 0.25) is 0 Å². The second-order valence-electron chi connectivity index (χ2n) is 5.39. The molecule has 5 nitrogen and oxygen atoms in total. The number of aromatic nitrogens is 2. The highest BCUT2D eigenvalue weighted by molar-refractivity contribution is 5.47. The molecule has 0 aliphatic heterocycles. The summed E-state index contributed by atoms with van der Waals surface area (Å²) in [6, 6.07) is 1.95. The summed E-state index contributed by atoms with van der Waals surface area (Å²) in [5.74, 6) is 3.88. The maximum Gasteiger partial charge on any atom is 0.136 e. The molecule has 1 heterocycles. The predicted molar refractivity (Wildman–Crippen MR) is 70.8 cm³/mol. The summed E-state index contributed by atoms with van der Waals surface area (Å²) >= 11 is 0. The lowest BCUT2D eigenvalue weighted by molar-refractivity contribution is 0.0486. The van der Waals surface area contributed by atoms with E-state index in [1.54, 1.807) is 0 Å². The topological polar surface area (TPSA) is 70.1 Å². The Bertz CT molecular complexity index is 427. The van der Waals surface area contributed by atoms with E-state index in [2.05, 4.69) is 20.6 Å². The smallest absolute Gasteiger partial charge is 0.136 e. The van der Waals surface area contributed by atoms with Gasteiger partial charge < -0.3 is 15.7 Å². The molecule has 0 aromatic carbocycles. The van der Waals surface area contributed by atoms with Crippen molar-refractivity contribution in [2.45, 2.75) is 37.7 Å². The molecule has 98 valence electrons. The van der Waals surface area contributed by atoms with Crippen molar-refractivity contribution in [1.82, 2.24) is 9.97 Å². The molecule has 3 N–H and O–H groups in total. The Kier molecular flexibility index (Phi) is 3.07. The monoisotopic (exact) mass is 248 g/mol. The molecule has 0 unspecified atom stereocenters. The van der Waals surface area contributed by atoms with Crippen LogP contribution in [0.3, 0.4) is 0 Å². The summed E-state index contributed by atoms with van der Waals surface area (Å²) in [6.45, 7) is 0.890. The molecule has 3 rings (SSSR count). The van der Waals surface area contributed by atoms with Crippen LogP contribution in [0, 0.1) is 5.92 Å². The molecule has 2 aliphatic rings. The molecule has 2 fully saturated rings. The number of anilines is 2. The van der Waals surface area contributed by atoms with Crippen LogP contribution in [-0.2, 0) is 0 Å². The Morgan fingerprint density at radius 2 is 2.00 bits per heavy atom. The van der Waals surface area contributed by atoms with Crippen LogP contribution in [-0.4, -0.2) is 34.8 Å². The van der Waals surface area contributed by atoms with Gasteiger partial charge in [-0.1, -0.05) is 0 Å². The van der Waals surface area contributed by atoms with Crippen LogP contribution in [0.5, 0.6) is 0 Å². The van der Waals surface area contributed by atoms with Crippen LogP contribution in [0.15, 0.2) is 6.07 Å². The minimum atomic E-state index is -0.0860. The van der Waals surface area contributed by atoms with Gasteiger partial charge >= 0.3 is 0 Å². The number of rotatable bonds is 5. The zero-order valence-corrected chi connectivity index (χ0v) is 10.7. The Morgan fingerprint density at radius 3 is 2.61 bits per heavy atom.